The van der Waals surface area contributed by atoms with Crippen LogP contribution >= 0.6 is 0 Å². The van der Waals surface area contributed by atoms with E-state index in [2.05, 4.69) is 29.0 Å². The van der Waals surface area contributed by atoms with E-state index in [9.17, 15) is 4.79 Å². The van der Waals surface area contributed by atoms with Gasteiger partial charge in [-0.2, -0.15) is 0 Å². The van der Waals surface area contributed by atoms with Crippen LogP contribution in [-0.4, -0.2) is 61.5 Å². The van der Waals surface area contributed by atoms with E-state index < -0.39 is 0 Å². The standard InChI is InChI=1S/C13H25N3O/c1-11(2)10-15-3-5-16(6-4-15)13(17)7-12-8-14-9-12/h11-12,14H,3-10H2,1-2H3. The summed E-state index contributed by atoms with van der Waals surface area (Å²) in [6.07, 6.45) is 0.747. The Kier molecular flexibility index (Phi) is 4.40. The van der Waals surface area contributed by atoms with E-state index in [1.165, 1.54) is 0 Å². The van der Waals surface area contributed by atoms with Gasteiger partial charge in [0, 0.05) is 39.1 Å². The summed E-state index contributed by atoms with van der Waals surface area (Å²) in [5.41, 5.74) is 0. The molecule has 4 nitrogen and oxygen atoms in total. The van der Waals surface area contributed by atoms with Gasteiger partial charge in [0.25, 0.3) is 0 Å². The van der Waals surface area contributed by atoms with Crippen molar-refractivity contribution in [1.29, 1.82) is 0 Å². The molecule has 2 aliphatic heterocycles. The maximum absolute atomic E-state index is 12.0. The summed E-state index contributed by atoms with van der Waals surface area (Å²) in [5, 5.41) is 3.22. The van der Waals surface area contributed by atoms with Crippen molar-refractivity contribution in [3.8, 4) is 0 Å². The Hall–Kier alpha value is -0.610. The normalized spacial score (nSPS) is 22.9. The van der Waals surface area contributed by atoms with Crippen LogP contribution < -0.4 is 5.32 Å². The van der Waals surface area contributed by atoms with Gasteiger partial charge in [0.1, 0.15) is 0 Å². The molecule has 0 aromatic carbocycles. The van der Waals surface area contributed by atoms with Gasteiger partial charge in [-0.25, -0.2) is 0 Å². The molecule has 0 radical (unpaired) electrons. The average molecular weight is 239 g/mol. The largest absolute Gasteiger partial charge is 0.340 e. The second-order valence-corrected chi connectivity index (χ2v) is 5.80. The Labute approximate surface area is 104 Å². The smallest absolute Gasteiger partial charge is 0.223 e. The van der Waals surface area contributed by atoms with Gasteiger partial charge in [0.15, 0.2) is 0 Å². The number of hydrogen-bond donors (Lipinski definition) is 1. The first-order valence-electron chi connectivity index (χ1n) is 6.86. The lowest BCUT2D eigenvalue weighted by Gasteiger charge is -2.37. The second kappa shape index (κ2) is 5.83. The second-order valence-electron chi connectivity index (χ2n) is 5.80. The lowest BCUT2D eigenvalue weighted by atomic mass is 9.98. The summed E-state index contributed by atoms with van der Waals surface area (Å²) in [4.78, 5) is 16.5. The van der Waals surface area contributed by atoms with E-state index in [1.807, 2.05) is 0 Å². The SMILES string of the molecule is CC(C)CN1CCN(C(=O)CC2CNC2)CC1. The molecule has 1 N–H and O–H groups in total. The molecular formula is C13H25N3O. The Bertz CT molecular complexity index is 255. The number of nitrogens with zero attached hydrogens (tertiary/aromatic N) is 2. The predicted octanol–water partition coefficient (Wildman–Crippen LogP) is 0.396. The molecular weight excluding hydrogens is 214 g/mol. The van der Waals surface area contributed by atoms with Crippen LogP contribution in [0.5, 0.6) is 0 Å². The molecule has 0 unspecified atom stereocenters. The summed E-state index contributed by atoms with van der Waals surface area (Å²) < 4.78 is 0. The van der Waals surface area contributed by atoms with Crippen LogP contribution in [0.4, 0.5) is 0 Å². The third kappa shape index (κ3) is 3.68. The minimum Gasteiger partial charge on any atom is -0.340 e. The first-order valence-corrected chi connectivity index (χ1v) is 6.86. The Morgan fingerprint density at radius 3 is 2.35 bits per heavy atom. The minimum atomic E-state index is 0.362. The van der Waals surface area contributed by atoms with Gasteiger partial charge in [-0.1, -0.05) is 13.8 Å². The van der Waals surface area contributed by atoms with Crippen molar-refractivity contribution in [1.82, 2.24) is 15.1 Å². The maximum Gasteiger partial charge on any atom is 0.223 e. The fraction of sp³-hybridized carbons (Fsp3) is 0.923. The highest BCUT2D eigenvalue weighted by Gasteiger charge is 2.26. The molecule has 17 heavy (non-hydrogen) atoms. The zero-order chi connectivity index (χ0) is 12.3. The van der Waals surface area contributed by atoms with Gasteiger partial charge < -0.3 is 10.2 Å². The van der Waals surface area contributed by atoms with Crippen LogP contribution in [0.1, 0.15) is 20.3 Å². The quantitative estimate of drug-likeness (QED) is 0.771. The first kappa shape index (κ1) is 12.8. The van der Waals surface area contributed by atoms with Crippen LogP contribution in [0.25, 0.3) is 0 Å². The van der Waals surface area contributed by atoms with Crippen LogP contribution in [0.3, 0.4) is 0 Å². The van der Waals surface area contributed by atoms with Crippen molar-refractivity contribution in [3.63, 3.8) is 0 Å². The monoisotopic (exact) mass is 239 g/mol. The number of piperazine rings is 1. The summed E-state index contributed by atoms with van der Waals surface area (Å²) in [7, 11) is 0. The molecule has 1 amide bonds. The number of carbonyl (C=O) groups excluding carboxylic acids is 1. The molecule has 0 aromatic heterocycles. The Balaban J connectivity index is 1.68. The third-order valence-corrected chi connectivity index (χ3v) is 3.68. The lowest BCUT2D eigenvalue weighted by molar-refractivity contribution is -0.134. The summed E-state index contributed by atoms with van der Waals surface area (Å²) in [6.45, 7) is 11.7. The fourth-order valence-corrected chi connectivity index (χ4v) is 2.57. The molecule has 2 rings (SSSR count). The van der Waals surface area contributed by atoms with Crippen molar-refractivity contribution >= 4 is 5.91 Å². The van der Waals surface area contributed by atoms with Crippen LogP contribution in [0.15, 0.2) is 0 Å². The molecule has 0 spiro atoms. The van der Waals surface area contributed by atoms with Gasteiger partial charge in [0.2, 0.25) is 5.91 Å². The molecule has 2 aliphatic rings. The van der Waals surface area contributed by atoms with Gasteiger partial charge in [-0.05, 0) is 24.9 Å². The van der Waals surface area contributed by atoms with Crippen molar-refractivity contribution in [2.45, 2.75) is 20.3 Å². The van der Waals surface area contributed by atoms with Crippen LogP contribution in [-0.2, 0) is 4.79 Å². The Morgan fingerprint density at radius 1 is 1.24 bits per heavy atom. The van der Waals surface area contributed by atoms with Crippen LogP contribution in [0.2, 0.25) is 0 Å². The van der Waals surface area contributed by atoms with E-state index in [0.29, 0.717) is 11.8 Å². The van der Waals surface area contributed by atoms with Crippen molar-refractivity contribution in [2.75, 3.05) is 45.8 Å². The third-order valence-electron chi connectivity index (χ3n) is 3.68. The molecule has 2 fully saturated rings. The number of nitrogens with one attached hydrogen (secondary N) is 1. The van der Waals surface area contributed by atoms with E-state index >= 15 is 0 Å². The molecule has 2 heterocycles. The summed E-state index contributed by atoms with van der Waals surface area (Å²) >= 11 is 0. The highest BCUT2D eigenvalue weighted by Crippen LogP contribution is 2.12. The number of carbonyl (C=O) groups is 1. The van der Waals surface area contributed by atoms with E-state index in [4.69, 9.17) is 0 Å². The summed E-state index contributed by atoms with van der Waals surface area (Å²) in [5.74, 6) is 1.68. The molecule has 0 atom stereocenters. The predicted molar refractivity (Wildman–Crippen MR) is 68.8 cm³/mol. The summed E-state index contributed by atoms with van der Waals surface area (Å²) in [6, 6.07) is 0. The van der Waals surface area contributed by atoms with Gasteiger partial charge in [-0.15, -0.1) is 0 Å². The van der Waals surface area contributed by atoms with Crippen molar-refractivity contribution in [3.05, 3.63) is 0 Å². The van der Waals surface area contributed by atoms with Crippen molar-refractivity contribution < 1.29 is 4.79 Å². The van der Waals surface area contributed by atoms with E-state index in [0.717, 1.165) is 58.2 Å². The van der Waals surface area contributed by atoms with Gasteiger partial charge in [-0.3, -0.25) is 9.69 Å². The lowest BCUT2D eigenvalue weighted by Crippen LogP contribution is -2.51. The molecule has 0 aliphatic carbocycles. The number of amides is 1. The highest BCUT2D eigenvalue weighted by molar-refractivity contribution is 5.76. The molecule has 0 saturated carbocycles. The topological polar surface area (TPSA) is 35.6 Å². The van der Waals surface area contributed by atoms with Gasteiger partial charge in [0.05, 0.1) is 0 Å². The van der Waals surface area contributed by atoms with E-state index in [-0.39, 0.29) is 0 Å². The molecule has 0 aromatic rings. The zero-order valence-corrected chi connectivity index (χ0v) is 11.1. The highest BCUT2D eigenvalue weighted by atomic mass is 16.2. The first-order chi connectivity index (χ1) is 8.15. The molecule has 98 valence electrons. The van der Waals surface area contributed by atoms with Crippen LogP contribution in [0, 0.1) is 11.8 Å². The molecule has 0 bridgehead atoms. The Morgan fingerprint density at radius 2 is 1.88 bits per heavy atom. The van der Waals surface area contributed by atoms with Gasteiger partial charge >= 0.3 is 0 Å². The van der Waals surface area contributed by atoms with Crippen molar-refractivity contribution in [2.24, 2.45) is 11.8 Å². The number of rotatable bonds is 4. The average Bonchev–Trinajstić information content (AvgIpc) is 2.23. The fourth-order valence-electron chi connectivity index (χ4n) is 2.57. The maximum atomic E-state index is 12.0. The molecule has 4 heteroatoms. The minimum absolute atomic E-state index is 0.362. The van der Waals surface area contributed by atoms with E-state index in [1.54, 1.807) is 0 Å². The molecule has 2 saturated heterocycles. The number of hydrogen-bond acceptors (Lipinski definition) is 3. The zero-order valence-electron chi connectivity index (χ0n) is 11.1.